The zero-order chi connectivity index (χ0) is 24.0. The van der Waals surface area contributed by atoms with Crippen molar-refractivity contribution in [1.82, 2.24) is 15.3 Å². The molecule has 1 aliphatic carbocycles. The molecule has 1 fully saturated rings. The van der Waals surface area contributed by atoms with Gasteiger partial charge in [-0.25, -0.2) is 4.98 Å². The lowest BCUT2D eigenvalue weighted by Crippen LogP contribution is -2.36. The number of amides is 1. The van der Waals surface area contributed by atoms with Gasteiger partial charge in [-0.2, -0.15) is 13.2 Å². The molecule has 1 amide bonds. The summed E-state index contributed by atoms with van der Waals surface area (Å²) in [6.45, 7) is 0. The number of rotatable bonds is 6. The number of nitrogens with one attached hydrogen (secondary N) is 1. The summed E-state index contributed by atoms with van der Waals surface area (Å²) in [7, 11) is 0. The predicted octanol–water partition coefficient (Wildman–Crippen LogP) is 6.13. The molecular weight excluding hydrogens is 443 g/mol. The Morgan fingerprint density at radius 1 is 1.09 bits per heavy atom. The highest BCUT2D eigenvalue weighted by atomic mass is 19.4. The number of alkyl halides is 3. The monoisotopic (exact) mass is 467 g/mol. The van der Waals surface area contributed by atoms with Crippen LogP contribution in [-0.4, -0.2) is 21.9 Å². The summed E-state index contributed by atoms with van der Waals surface area (Å²) in [6.07, 6.45) is 6.09. The fraction of sp³-hybridized carbons (Fsp3) is 0.269. The van der Waals surface area contributed by atoms with E-state index in [-0.39, 0.29) is 17.8 Å². The Labute approximate surface area is 195 Å². The minimum absolute atomic E-state index is 0.0927. The number of hydrogen-bond acceptors (Lipinski definition) is 4. The Balaban J connectivity index is 1.28. The van der Waals surface area contributed by atoms with Gasteiger partial charge in [0.05, 0.1) is 11.1 Å². The Hall–Kier alpha value is -3.68. The van der Waals surface area contributed by atoms with Gasteiger partial charge in [-0.15, -0.1) is 0 Å². The summed E-state index contributed by atoms with van der Waals surface area (Å²) in [5, 5.41) is 3.08. The lowest BCUT2D eigenvalue weighted by Gasteiger charge is -2.25. The van der Waals surface area contributed by atoms with Gasteiger partial charge in [0, 0.05) is 30.7 Å². The van der Waals surface area contributed by atoms with Gasteiger partial charge in [-0.3, -0.25) is 9.78 Å². The molecule has 2 heterocycles. The van der Waals surface area contributed by atoms with Crippen LogP contribution in [0.2, 0.25) is 0 Å². The summed E-state index contributed by atoms with van der Waals surface area (Å²) in [5.74, 6) is 0.532. The standard InChI is InChI=1S/C26H24F3N3O2/c27-26(28,29)21-10-13-24(31-17-21)34-23-5-1-3-19(15-23)7-6-18-8-11-22(12-9-18)32-25(33)20-4-2-14-30-16-20/h1-6,10,13-17,22H,7-9,11-12H2,(H,32,33). The molecule has 176 valence electrons. The van der Waals surface area contributed by atoms with Crippen LogP contribution < -0.4 is 10.1 Å². The molecule has 0 saturated heterocycles. The second kappa shape index (κ2) is 10.5. The maximum atomic E-state index is 12.7. The predicted molar refractivity (Wildman–Crippen MR) is 122 cm³/mol. The number of ether oxygens (including phenoxy) is 1. The van der Waals surface area contributed by atoms with Crippen LogP contribution in [0.5, 0.6) is 11.6 Å². The Kier molecular flexibility index (Phi) is 7.25. The van der Waals surface area contributed by atoms with Crippen LogP contribution in [0.1, 0.15) is 47.2 Å². The van der Waals surface area contributed by atoms with Gasteiger partial charge in [0.15, 0.2) is 0 Å². The highest BCUT2D eigenvalue weighted by molar-refractivity contribution is 5.94. The summed E-state index contributed by atoms with van der Waals surface area (Å²) < 4.78 is 43.7. The second-order valence-electron chi connectivity index (χ2n) is 8.19. The van der Waals surface area contributed by atoms with Gasteiger partial charge < -0.3 is 10.1 Å². The van der Waals surface area contributed by atoms with Crippen LogP contribution >= 0.6 is 0 Å². The molecule has 0 radical (unpaired) electrons. The molecule has 2 aromatic heterocycles. The van der Waals surface area contributed by atoms with Crippen molar-refractivity contribution in [2.45, 2.75) is 44.3 Å². The Morgan fingerprint density at radius 2 is 1.91 bits per heavy atom. The Morgan fingerprint density at radius 3 is 2.59 bits per heavy atom. The van der Waals surface area contributed by atoms with E-state index in [0.29, 0.717) is 11.3 Å². The molecule has 1 N–H and O–H groups in total. The van der Waals surface area contributed by atoms with Gasteiger partial charge in [0.2, 0.25) is 5.88 Å². The number of allylic oxidation sites excluding steroid dienone is 2. The molecule has 0 atom stereocenters. The van der Waals surface area contributed by atoms with Gasteiger partial charge in [0.1, 0.15) is 5.75 Å². The second-order valence-corrected chi connectivity index (χ2v) is 8.19. The van der Waals surface area contributed by atoms with Crippen molar-refractivity contribution in [1.29, 1.82) is 0 Å². The molecule has 0 aliphatic heterocycles. The van der Waals surface area contributed by atoms with Crippen LogP contribution in [0.15, 0.2) is 78.8 Å². The molecule has 0 unspecified atom stereocenters. The largest absolute Gasteiger partial charge is 0.439 e. The minimum Gasteiger partial charge on any atom is -0.439 e. The first-order valence-electron chi connectivity index (χ1n) is 11.1. The zero-order valence-electron chi connectivity index (χ0n) is 18.4. The molecule has 0 spiro atoms. The fourth-order valence-corrected chi connectivity index (χ4v) is 3.83. The third kappa shape index (κ3) is 6.43. The number of benzene rings is 1. The lowest BCUT2D eigenvalue weighted by atomic mass is 9.89. The lowest BCUT2D eigenvalue weighted by molar-refractivity contribution is -0.137. The average Bonchev–Trinajstić information content (AvgIpc) is 2.84. The molecule has 1 aromatic carbocycles. The molecule has 34 heavy (non-hydrogen) atoms. The quantitative estimate of drug-likeness (QED) is 0.443. The SMILES string of the molecule is O=C(NC1CCC(=CCc2cccc(Oc3ccc(C(F)(F)F)cn3)c2)CC1)c1cccnc1. The first-order chi connectivity index (χ1) is 16.4. The molecular formula is C26H24F3N3O2. The van der Waals surface area contributed by atoms with Gasteiger partial charge in [-0.05, 0) is 68.0 Å². The molecule has 1 aliphatic rings. The van der Waals surface area contributed by atoms with Gasteiger partial charge in [-0.1, -0.05) is 23.8 Å². The van der Waals surface area contributed by atoms with Crippen LogP contribution in [0.3, 0.4) is 0 Å². The van der Waals surface area contributed by atoms with Crippen molar-refractivity contribution < 1.29 is 22.7 Å². The first kappa shape index (κ1) is 23.5. The van der Waals surface area contributed by atoms with Crippen molar-refractivity contribution in [3.63, 3.8) is 0 Å². The van der Waals surface area contributed by atoms with Crippen molar-refractivity contribution in [3.8, 4) is 11.6 Å². The van der Waals surface area contributed by atoms with Crippen molar-refractivity contribution in [2.24, 2.45) is 0 Å². The maximum absolute atomic E-state index is 12.7. The smallest absolute Gasteiger partial charge is 0.417 e. The number of carbonyl (C=O) groups excluding carboxylic acids is 1. The number of pyridine rings is 2. The first-order valence-corrected chi connectivity index (χ1v) is 11.1. The maximum Gasteiger partial charge on any atom is 0.417 e. The molecule has 4 rings (SSSR count). The van der Waals surface area contributed by atoms with Crippen LogP contribution in [-0.2, 0) is 12.6 Å². The van der Waals surface area contributed by atoms with Crippen molar-refractivity contribution >= 4 is 5.91 Å². The zero-order valence-corrected chi connectivity index (χ0v) is 18.4. The van der Waals surface area contributed by atoms with E-state index in [9.17, 15) is 18.0 Å². The fourth-order valence-electron chi connectivity index (χ4n) is 3.83. The number of carbonyl (C=O) groups is 1. The molecule has 8 heteroatoms. The number of aromatic nitrogens is 2. The van der Waals surface area contributed by atoms with E-state index >= 15 is 0 Å². The van der Waals surface area contributed by atoms with Crippen LogP contribution in [0.25, 0.3) is 0 Å². The number of hydrogen-bond donors (Lipinski definition) is 1. The number of nitrogens with zero attached hydrogens (tertiary/aromatic N) is 2. The molecule has 1 saturated carbocycles. The van der Waals surface area contributed by atoms with Crippen molar-refractivity contribution in [3.05, 3.63) is 95.5 Å². The number of halogens is 3. The van der Waals surface area contributed by atoms with E-state index in [2.05, 4.69) is 21.4 Å². The van der Waals surface area contributed by atoms with E-state index in [1.165, 1.54) is 11.6 Å². The topological polar surface area (TPSA) is 64.1 Å². The third-order valence-electron chi connectivity index (χ3n) is 5.70. The molecule has 0 bridgehead atoms. The van der Waals surface area contributed by atoms with Gasteiger partial charge in [0.25, 0.3) is 5.91 Å². The van der Waals surface area contributed by atoms with E-state index < -0.39 is 11.7 Å². The summed E-state index contributed by atoms with van der Waals surface area (Å²) in [4.78, 5) is 20.0. The van der Waals surface area contributed by atoms with E-state index in [1.54, 1.807) is 30.6 Å². The van der Waals surface area contributed by atoms with Gasteiger partial charge >= 0.3 is 6.18 Å². The summed E-state index contributed by atoms with van der Waals surface area (Å²) >= 11 is 0. The van der Waals surface area contributed by atoms with Crippen LogP contribution in [0, 0.1) is 0 Å². The minimum atomic E-state index is -4.43. The van der Waals surface area contributed by atoms with E-state index in [4.69, 9.17) is 4.74 Å². The van der Waals surface area contributed by atoms with E-state index in [1.807, 2.05) is 18.2 Å². The summed E-state index contributed by atoms with van der Waals surface area (Å²) in [6, 6.07) is 13.2. The normalized spacial score (nSPS) is 16.1. The molecule has 5 nitrogen and oxygen atoms in total. The van der Waals surface area contributed by atoms with Crippen molar-refractivity contribution in [2.75, 3.05) is 0 Å². The highest BCUT2D eigenvalue weighted by Gasteiger charge is 2.30. The average molecular weight is 467 g/mol. The Bertz CT molecular complexity index is 1140. The van der Waals surface area contributed by atoms with Crippen LogP contribution in [0.4, 0.5) is 13.2 Å². The summed E-state index contributed by atoms with van der Waals surface area (Å²) in [5.41, 5.74) is 2.13. The van der Waals surface area contributed by atoms with E-state index in [0.717, 1.165) is 49.9 Å². The highest BCUT2D eigenvalue weighted by Crippen LogP contribution is 2.30. The third-order valence-corrected chi connectivity index (χ3v) is 5.70. The molecule has 3 aromatic rings.